The van der Waals surface area contributed by atoms with Crippen molar-refractivity contribution in [3.05, 3.63) is 53.9 Å². The van der Waals surface area contributed by atoms with Gasteiger partial charge in [0.2, 0.25) is 5.91 Å². The van der Waals surface area contributed by atoms with Gasteiger partial charge in [0.1, 0.15) is 5.69 Å². The van der Waals surface area contributed by atoms with E-state index in [0.29, 0.717) is 17.8 Å². The largest absolute Gasteiger partial charge is 0.357 e. The summed E-state index contributed by atoms with van der Waals surface area (Å²) in [5.41, 5.74) is 5.47. The first kappa shape index (κ1) is 15.0. The first-order valence-electron chi connectivity index (χ1n) is 7.54. The van der Waals surface area contributed by atoms with E-state index in [0.717, 1.165) is 24.2 Å². The Labute approximate surface area is 134 Å². The van der Waals surface area contributed by atoms with Crippen LogP contribution in [0.2, 0.25) is 0 Å². The SMILES string of the molecule is C/C(=N/NC(=O)c1ccc[nH]1)c1ccc(N2CCCC2=O)cc1. The fourth-order valence-electron chi connectivity index (χ4n) is 2.53. The molecule has 2 heterocycles. The molecule has 118 valence electrons. The molecule has 23 heavy (non-hydrogen) atoms. The number of anilines is 1. The molecule has 0 unspecified atom stereocenters. The predicted molar refractivity (Wildman–Crippen MR) is 88.5 cm³/mol. The van der Waals surface area contributed by atoms with E-state index in [4.69, 9.17) is 0 Å². The second-order valence-corrected chi connectivity index (χ2v) is 5.42. The van der Waals surface area contributed by atoms with Gasteiger partial charge in [-0.25, -0.2) is 5.43 Å². The number of benzene rings is 1. The molecular formula is C17H18N4O2. The van der Waals surface area contributed by atoms with Crippen LogP contribution >= 0.6 is 0 Å². The third-order valence-electron chi connectivity index (χ3n) is 3.84. The number of amides is 2. The third kappa shape index (κ3) is 3.31. The maximum absolute atomic E-state index is 11.8. The molecule has 1 saturated heterocycles. The van der Waals surface area contributed by atoms with Crippen LogP contribution in [0.1, 0.15) is 35.8 Å². The van der Waals surface area contributed by atoms with Gasteiger partial charge in [-0.2, -0.15) is 5.10 Å². The van der Waals surface area contributed by atoms with Crippen molar-refractivity contribution in [1.82, 2.24) is 10.4 Å². The zero-order valence-corrected chi connectivity index (χ0v) is 12.9. The van der Waals surface area contributed by atoms with E-state index < -0.39 is 0 Å². The Morgan fingerprint density at radius 2 is 2.04 bits per heavy atom. The minimum atomic E-state index is -0.284. The molecule has 1 aromatic heterocycles. The molecule has 0 aliphatic carbocycles. The lowest BCUT2D eigenvalue weighted by Gasteiger charge is -2.15. The van der Waals surface area contributed by atoms with E-state index in [1.807, 2.05) is 31.2 Å². The van der Waals surface area contributed by atoms with Crippen molar-refractivity contribution in [3.8, 4) is 0 Å². The Hall–Kier alpha value is -2.89. The van der Waals surface area contributed by atoms with Crippen LogP contribution in [0.15, 0.2) is 47.7 Å². The van der Waals surface area contributed by atoms with Crippen molar-refractivity contribution in [2.45, 2.75) is 19.8 Å². The Morgan fingerprint density at radius 1 is 1.26 bits per heavy atom. The van der Waals surface area contributed by atoms with Gasteiger partial charge in [0.25, 0.3) is 5.91 Å². The number of H-pyrrole nitrogens is 1. The van der Waals surface area contributed by atoms with Crippen LogP contribution in [0.4, 0.5) is 5.69 Å². The van der Waals surface area contributed by atoms with Crippen molar-refractivity contribution in [2.24, 2.45) is 5.10 Å². The minimum absolute atomic E-state index is 0.168. The molecule has 3 rings (SSSR count). The molecule has 6 heteroatoms. The predicted octanol–water partition coefficient (Wildman–Crippen LogP) is 2.30. The lowest BCUT2D eigenvalue weighted by molar-refractivity contribution is -0.117. The summed E-state index contributed by atoms with van der Waals surface area (Å²) >= 11 is 0. The maximum Gasteiger partial charge on any atom is 0.287 e. The average molecular weight is 310 g/mol. The van der Waals surface area contributed by atoms with Crippen molar-refractivity contribution in [1.29, 1.82) is 0 Å². The standard InChI is InChI=1S/C17H18N4O2/c1-12(19-20-17(23)15-4-2-10-18-15)13-6-8-14(9-7-13)21-11-3-5-16(21)22/h2,4,6-10,18H,3,5,11H2,1H3,(H,20,23)/b19-12-. The van der Waals surface area contributed by atoms with E-state index in [1.54, 1.807) is 23.2 Å². The molecule has 2 amide bonds. The normalized spacial score (nSPS) is 15.1. The highest BCUT2D eigenvalue weighted by Gasteiger charge is 2.21. The minimum Gasteiger partial charge on any atom is -0.357 e. The lowest BCUT2D eigenvalue weighted by Crippen LogP contribution is -2.23. The summed E-state index contributed by atoms with van der Waals surface area (Å²) in [5, 5.41) is 4.11. The maximum atomic E-state index is 11.8. The second kappa shape index (κ2) is 6.48. The summed E-state index contributed by atoms with van der Waals surface area (Å²) in [6, 6.07) is 11.1. The first-order valence-corrected chi connectivity index (χ1v) is 7.54. The van der Waals surface area contributed by atoms with E-state index >= 15 is 0 Å². The second-order valence-electron chi connectivity index (χ2n) is 5.42. The molecule has 2 N–H and O–H groups in total. The van der Waals surface area contributed by atoms with Crippen LogP contribution in [0.3, 0.4) is 0 Å². The molecule has 0 radical (unpaired) electrons. The third-order valence-corrected chi connectivity index (χ3v) is 3.84. The van der Waals surface area contributed by atoms with Crippen molar-refractivity contribution >= 4 is 23.2 Å². The molecule has 1 aliphatic heterocycles. The molecule has 0 bridgehead atoms. The van der Waals surface area contributed by atoms with Crippen LogP contribution in [0, 0.1) is 0 Å². The summed E-state index contributed by atoms with van der Waals surface area (Å²) in [6.45, 7) is 2.60. The van der Waals surface area contributed by atoms with Crippen molar-refractivity contribution in [2.75, 3.05) is 11.4 Å². The Kier molecular flexibility index (Phi) is 4.23. The smallest absolute Gasteiger partial charge is 0.287 e. The van der Waals surface area contributed by atoms with Gasteiger partial charge in [-0.3, -0.25) is 9.59 Å². The van der Waals surface area contributed by atoms with Crippen LogP contribution in [-0.2, 0) is 4.79 Å². The van der Waals surface area contributed by atoms with Gasteiger partial charge in [0.05, 0.1) is 5.71 Å². The molecule has 1 aromatic carbocycles. The van der Waals surface area contributed by atoms with Crippen molar-refractivity contribution < 1.29 is 9.59 Å². The summed E-state index contributed by atoms with van der Waals surface area (Å²) in [4.78, 5) is 28.2. The summed E-state index contributed by atoms with van der Waals surface area (Å²) in [7, 11) is 0. The number of aromatic amines is 1. The van der Waals surface area contributed by atoms with E-state index in [1.165, 1.54) is 0 Å². The number of carbonyl (C=O) groups excluding carboxylic acids is 2. The highest BCUT2D eigenvalue weighted by Crippen LogP contribution is 2.21. The van der Waals surface area contributed by atoms with E-state index in [-0.39, 0.29) is 11.8 Å². The van der Waals surface area contributed by atoms with Crippen molar-refractivity contribution in [3.63, 3.8) is 0 Å². The van der Waals surface area contributed by atoms with E-state index in [9.17, 15) is 9.59 Å². The Bertz CT molecular complexity index is 732. The Morgan fingerprint density at radius 3 is 2.65 bits per heavy atom. The zero-order valence-electron chi connectivity index (χ0n) is 12.9. The topological polar surface area (TPSA) is 77.6 Å². The van der Waals surface area contributed by atoms with Crippen LogP contribution in [-0.4, -0.2) is 29.1 Å². The van der Waals surface area contributed by atoms with Gasteiger partial charge in [-0.15, -0.1) is 0 Å². The molecule has 0 saturated carbocycles. The fourth-order valence-corrected chi connectivity index (χ4v) is 2.53. The number of hydrazone groups is 1. The monoisotopic (exact) mass is 310 g/mol. The average Bonchev–Trinajstić information content (AvgIpc) is 3.24. The molecule has 0 spiro atoms. The molecular weight excluding hydrogens is 292 g/mol. The molecule has 1 fully saturated rings. The number of hydrogen-bond donors (Lipinski definition) is 2. The molecule has 6 nitrogen and oxygen atoms in total. The summed E-state index contributed by atoms with van der Waals surface area (Å²) in [6.07, 6.45) is 3.21. The molecule has 2 aromatic rings. The number of nitrogens with zero attached hydrogens (tertiary/aromatic N) is 2. The van der Waals surface area contributed by atoms with Gasteiger partial charge in [-0.05, 0) is 43.2 Å². The van der Waals surface area contributed by atoms with Gasteiger partial charge >= 0.3 is 0 Å². The molecule has 0 atom stereocenters. The summed E-state index contributed by atoms with van der Waals surface area (Å²) in [5.74, 6) is -0.116. The van der Waals surface area contributed by atoms with Gasteiger partial charge in [0.15, 0.2) is 0 Å². The van der Waals surface area contributed by atoms with Crippen LogP contribution in [0.25, 0.3) is 0 Å². The zero-order chi connectivity index (χ0) is 16.2. The number of hydrogen-bond acceptors (Lipinski definition) is 3. The van der Waals surface area contributed by atoms with E-state index in [2.05, 4.69) is 15.5 Å². The Balaban J connectivity index is 1.67. The summed E-state index contributed by atoms with van der Waals surface area (Å²) < 4.78 is 0. The fraction of sp³-hybridized carbons (Fsp3) is 0.235. The highest BCUT2D eigenvalue weighted by atomic mass is 16.2. The van der Waals surface area contributed by atoms with Gasteiger partial charge < -0.3 is 9.88 Å². The number of aromatic nitrogens is 1. The van der Waals surface area contributed by atoms with Gasteiger partial charge in [-0.1, -0.05) is 12.1 Å². The quantitative estimate of drug-likeness (QED) is 0.671. The number of carbonyl (C=O) groups is 2. The number of nitrogens with one attached hydrogen (secondary N) is 2. The first-order chi connectivity index (χ1) is 11.1. The van der Waals surface area contributed by atoms with Gasteiger partial charge in [0, 0.05) is 24.8 Å². The molecule has 1 aliphatic rings. The highest BCUT2D eigenvalue weighted by molar-refractivity contribution is 6.01. The lowest BCUT2D eigenvalue weighted by atomic mass is 10.1. The van der Waals surface area contributed by atoms with Crippen LogP contribution in [0.5, 0.6) is 0 Å². The number of rotatable bonds is 4. The van der Waals surface area contributed by atoms with Crippen LogP contribution < -0.4 is 10.3 Å².